The van der Waals surface area contributed by atoms with Gasteiger partial charge >= 0.3 is 0 Å². The molecule has 6 nitrogen and oxygen atoms in total. The van der Waals surface area contributed by atoms with Crippen LogP contribution in [0.2, 0.25) is 5.02 Å². The fourth-order valence-corrected chi connectivity index (χ4v) is 3.64. The molecule has 0 radical (unpaired) electrons. The third-order valence-electron chi connectivity index (χ3n) is 3.90. The molecule has 0 aliphatic heterocycles. The molecule has 2 unspecified atom stereocenters. The van der Waals surface area contributed by atoms with E-state index in [2.05, 4.69) is 48.8 Å². The van der Waals surface area contributed by atoms with Crippen LogP contribution in [0.4, 0.5) is 0 Å². The van der Waals surface area contributed by atoms with Crippen LogP contribution in [0.15, 0.2) is 27.7 Å². The number of likely N-dealkylation sites (N-methyl/N-ethyl adjacent to an activating group) is 1. The number of nitrogens with one attached hydrogen (secondary N) is 1. The number of Topliss-reactive ketones (excluding diaryl/α,β-unsaturated/α-hetero) is 1. The summed E-state index contributed by atoms with van der Waals surface area (Å²) in [7, 11) is 1.71. The molecule has 2 aromatic rings. The smallest absolute Gasteiger partial charge is 0.261 e. The Hall–Kier alpha value is -0.550. The van der Waals surface area contributed by atoms with E-state index in [4.69, 9.17) is 11.6 Å². The largest absolute Gasteiger partial charge is 0.391 e. The molecule has 2 rings (SSSR count). The van der Waals surface area contributed by atoms with Crippen LogP contribution in [-0.2, 0) is 11.3 Å². The number of aliphatic hydroxyl groups excluding tert-OH is 1. The predicted molar refractivity (Wildman–Crippen MR) is 111 cm³/mol. The number of alkyl halides is 1. The van der Waals surface area contributed by atoms with Crippen molar-refractivity contribution in [2.24, 2.45) is 0 Å². The van der Waals surface area contributed by atoms with Crippen molar-refractivity contribution in [3.63, 3.8) is 0 Å². The summed E-state index contributed by atoms with van der Waals surface area (Å²) in [6.07, 6.45) is 1.50. The number of hydrogen-bond donors (Lipinski definition) is 2. The molecule has 0 fully saturated rings. The highest BCUT2D eigenvalue weighted by Gasteiger charge is 2.20. The Bertz CT molecular complexity index is 830. The monoisotopic (exact) mass is 541 g/mol. The minimum atomic E-state index is -0.603. The Morgan fingerprint density at radius 3 is 2.88 bits per heavy atom. The molecule has 0 aliphatic rings. The molecule has 1 heterocycles. The predicted octanol–water partition coefficient (Wildman–Crippen LogP) is 2.55. The topological polar surface area (TPSA) is 84.2 Å². The van der Waals surface area contributed by atoms with E-state index in [0.29, 0.717) is 26.8 Å². The summed E-state index contributed by atoms with van der Waals surface area (Å²) < 4.78 is 2.73. The molecule has 1 aromatic heterocycles. The number of rotatable bonds is 8. The van der Waals surface area contributed by atoms with E-state index in [1.54, 1.807) is 13.1 Å². The second-order valence-electron chi connectivity index (χ2n) is 5.64. The van der Waals surface area contributed by atoms with Gasteiger partial charge in [-0.2, -0.15) is 0 Å². The molecule has 2 atom stereocenters. The van der Waals surface area contributed by atoms with Gasteiger partial charge in [0.25, 0.3) is 5.56 Å². The van der Waals surface area contributed by atoms with Gasteiger partial charge in [0, 0.05) is 21.4 Å². The van der Waals surface area contributed by atoms with Gasteiger partial charge in [0.05, 0.1) is 34.9 Å². The fraction of sp³-hybridized carbons (Fsp3) is 0.438. The maximum Gasteiger partial charge on any atom is 0.261 e. The van der Waals surface area contributed by atoms with Gasteiger partial charge in [0.1, 0.15) is 0 Å². The highest BCUT2D eigenvalue weighted by molar-refractivity contribution is 14.1. The summed E-state index contributed by atoms with van der Waals surface area (Å²) in [6, 6.07) is 2.87. The Kier molecular flexibility index (Phi) is 7.81. The van der Waals surface area contributed by atoms with Crippen LogP contribution in [0.3, 0.4) is 0 Å². The van der Waals surface area contributed by atoms with Crippen molar-refractivity contribution in [3.8, 4) is 0 Å². The lowest BCUT2D eigenvalue weighted by Gasteiger charge is -2.21. The molecule has 0 aliphatic carbocycles. The average Bonchev–Trinajstić information content (AvgIpc) is 2.57. The number of aliphatic hydroxyl groups is 1. The van der Waals surface area contributed by atoms with E-state index in [0.717, 1.165) is 4.43 Å². The first kappa shape index (κ1) is 20.8. The zero-order chi connectivity index (χ0) is 18.6. The molecule has 9 heteroatoms. The fourth-order valence-electron chi connectivity index (χ4n) is 2.51. The van der Waals surface area contributed by atoms with Gasteiger partial charge in [-0.3, -0.25) is 14.2 Å². The highest BCUT2D eigenvalue weighted by atomic mass is 127. The highest BCUT2D eigenvalue weighted by Crippen LogP contribution is 2.25. The number of hydrogen-bond acceptors (Lipinski definition) is 5. The molecule has 1 aromatic carbocycles. The van der Waals surface area contributed by atoms with E-state index in [1.807, 2.05) is 0 Å². The van der Waals surface area contributed by atoms with Crippen molar-refractivity contribution in [2.45, 2.75) is 31.5 Å². The van der Waals surface area contributed by atoms with E-state index in [1.165, 1.54) is 17.0 Å². The van der Waals surface area contributed by atoms with E-state index in [9.17, 15) is 14.7 Å². The zero-order valence-electron chi connectivity index (χ0n) is 13.5. The van der Waals surface area contributed by atoms with Crippen molar-refractivity contribution in [1.82, 2.24) is 14.9 Å². The second-order valence-corrected chi connectivity index (χ2v) is 7.98. The molecule has 136 valence electrons. The van der Waals surface area contributed by atoms with Crippen LogP contribution in [0.1, 0.15) is 12.8 Å². The third-order valence-corrected chi connectivity index (χ3v) is 5.72. The first-order chi connectivity index (χ1) is 11.9. The Morgan fingerprint density at radius 1 is 1.52 bits per heavy atom. The molecular weight excluding hydrogens is 524 g/mol. The van der Waals surface area contributed by atoms with Crippen LogP contribution in [0.25, 0.3) is 10.9 Å². The number of benzene rings is 1. The quantitative estimate of drug-likeness (QED) is 0.396. The number of nitrogens with zero attached hydrogens (tertiary/aromatic N) is 2. The number of carbonyl (C=O) groups is 1. The minimum absolute atomic E-state index is 0.0927. The standard InChI is InChI=1S/C16H18BrClIN3O3/c1-20-14(15(24)2-3-19)4-9(23)7-22-8-21-13-6-11(17)12(18)5-10(13)16(22)25/h5-6,8,14-15,20,24H,2-4,7H2,1H3. The molecule has 0 saturated carbocycles. The molecule has 0 amide bonds. The van der Waals surface area contributed by atoms with Gasteiger partial charge in [0.2, 0.25) is 0 Å². The molecule has 0 bridgehead atoms. The van der Waals surface area contributed by atoms with Gasteiger partial charge in [-0.15, -0.1) is 0 Å². The minimum Gasteiger partial charge on any atom is -0.391 e. The summed E-state index contributed by atoms with van der Waals surface area (Å²) >= 11 is 11.5. The normalized spacial score (nSPS) is 13.8. The van der Waals surface area contributed by atoms with E-state index in [-0.39, 0.29) is 30.3 Å². The SMILES string of the molecule is CNC(CC(=O)Cn1cnc2cc(Br)c(Cl)cc2c1=O)C(O)CCI. The lowest BCUT2D eigenvalue weighted by atomic mass is 10.0. The van der Waals surface area contributed by atoms with Crippen LogP contribution in [0.5, 0.6) is 0 Å². The van der Waals surface area contributed by atoms with Crippen LogP contribution in [0, 0.1) is 0 Å². The average molecular weight is 543 g/mol. The number of aromatic nitrogens is 2. The molecule has 25 heavy (non-hydrogen) atoms. The van der Waals surface area contributed by atoms with Crippen molar-refractivity contribution in [3.05, 3.63) is 38.3 Å². The summed E-state index contributed by atoms with van der Waals surface area (Å²) in [6.45, 7) is -0.0927. The number of halogens is 3. The summed E-state index contributed by atoms with van der Waals surface area (Å²) in [4.78, 5) is 29.1. The lowest BCUT2D eigenvalue weighted by Crippen LogP contribution is -2.40. The maximum absolute atomic E-state index is 12.5. The second kappa shape index (κ2) is 9.40. The molecule has 0 saturated heterocycles. The van der Waals surface area contributed by atoms with Crippen molar-refractivity contribution in [1.29, 1.82) is 0 Å². The van der Waals surface area contributed by atoms with Gasteiger partial charge < -0.3 is 10.4 Å². The molecule has 0 spiro atoms. The van der Waals surface area contributed by atoms with Crippen LogP contribution in [-0.4, -0.2) is 44.1 Å². The van der Waals surface area contributed by atoms with Gasteiger partial charge in [-0.25, -0.2) is 4.98 Å². The number of ketones is 1. The summed E-state index contributed by atoms with van der Waals surface area (Å²) in [5, 5.41) is 13.8. The summed E-state index contributed by atoms with van der Waals surface area (Å²) in [5.41, 5.74) is 0.192. The Balaban J connectivity index is 2.19. The van der Waals surface area contributed by atoms with Gasteiger partial charge in [-0.05, 0) is 41.5 Å². The Morgan fingerprint density at radius 2 is 2.24 bits per heavy atom. The van der Waals surface area contributed by atoms with Crippen molar-refractivity contribution in [2.75, 3.05) is 11.5 Å². The van der Waals surface area contributed by atoms with Crippen molar-refractivity contribution >= 4 is 66.8 Å². The maximum atomic E-state index is 12.5. The lowest BCUT2D eigenvalue weighted by molar-refractivity contribution is -0.120. The molecular formula is C16H18BrClIN3O3. The van der Waals surface area contributed by atoms with E-state index < -0.39 is 6.10 Å². The number of fused-ring (bicyclic) bond motifs is 1. The van der Waals surface area contributed by atoms with E-state index >= 15 is 0 Å². The van der Waals surface area contributed by atoms with Crippen LogP contribution < -0.4 is 10.9 Å². The molecule has 2 N–H and O–H groups in total. The van der Waals surface area contributed by atoms with Crippen LogP contribution >= 0.6 is 50.1 Å². The number of carbonyl (C=O) groups excluding carboxylic acids is 1. The zero-order valence-corrected chi connectivity index (χ0v) is 18.0. The first-order valence-electron chi connectivity index (χ1n) is 7.64. The van der Waals surface area contributed by atoms with Crippen molar-refractivity contribution < 1.29 is 9.90 Å². The summed E-state index contributed by atoms with van der Waals surface area (Å²) in [5.74, 6) is -0.154. The third kappa shape index (κ3) is 5.22. The van der Waals surface area contributed by atoms with Gasteiger partial charge in [0.15, 0.2) is 5.78 Å². The first-order valence-corrected chi connectivity index (χ1v) is 10.3. The Labute approximate surface area is 172 Å². The van der Waals surface area contributed by atoms with Gasteiger partial charge in [-0.1, -0.05) is 34.2 Å².